The van der Waals surface area contributed by atoms with E-state index in [1.54, 1.807) is 12.1 Å². The number of fused-ring (bicyclic) bond motifs is 1. The highest BCUT2D eigenvalue weighted by Crippen LogP contribution is 2.18. The summed E-state index contributed by atoms with van der Waals surface area (Å²) >= 11 is 0. The van der Waals surface area contributed by atoms with Crippen LogP contribution in [-0.4, -0.2) is 39.3 Å². The van der Waals surface area contributed by atoms with Crippen LogP contribution in [0.15, 0.2) is 30.5 Å². The SMILES string of the molecule is CN1CCc2c(cnn2Cc2ccc(C(=O)O)cc2)C1. The smallest absolute Gasteiger partial charge is 0.335 e. The van der Waals surface area contributed by atoms with Crippen LogP contribution in [0.25, 0.3) is 0 Å². The minimum atomic E-state index is -0.893. The first-order chi connectivity index (χ1) is 9.63. The van der Waals surface area contributed by atoms with Crippen LogP contribution in [0.1, 0.15) is 27.2 Å². The van der Waals surface area contributed by atoms with Gasteiger partial charge in [-0.1, -0.05) is 12.1 Å². The molecule has 0 atom stereocenters. The minimum Gasteiger partial charge on any atom is -0.478 e. The molecule has 104 valence electrons. The van der Waals surface area contributed by atoms with Gasteiger partial charge >= 0.3 is 5.97 Å². The molecule has 1 aliphatic heterocycles. The average molecular weight is 271 g/mol. The van der Waals surface area contributed by atoms with E-state index in [1.165, 1.54) is 11.3 Å². The van der Waals surface area contributed by atoms with Gasteiger partial charge in [0.25, 0.3) is 0 Å². The summed E-state index contributed by atoms with van der Waals surface area (Å²) in [5.74, 6) is -0.893. The Morgan fingerprint density at radius 2 is 2.10 bits per heavy atom. The van der Waals surface area contributed by atoms with Crippen LogP contribution in [0.4, 0.5) is 0 Å². The number of hydrogen-bond acceptors (Lipinski definition) is 3. The second-order valence-electron chi connectivity index (χ2n) is 5.26. The lowest BCUT2D eigenvalue weighted by Gasteiger charge is -2.23. The lowest BCUT2D eigenvalue weighted by atomic mass is 10.1. The Morgan fingerprint density at radius 1 is 1.35 bits per heavy atom. The highest BCUT2D eigenvalue weighted by Gasteiger charge is 2.18. The highest BCUT2D eigenvalue weighted by atomic mass is 16.4. The number of nitrogens with zero attached hydrogens (tertiary/aromatic N) is 3. The molecule has 2 heterocycles. The van der Waals surface area contributed by atoms with E-state index in [-0.39, 0.29) is 0 Å². The van der Waals surface area contributed by atoms with Crippen LogP contribution in [0.5, 0.6) is 0 Å². The number of carboxylic acid groups (broad SMARTS) is 1. The third-order valence-corrected chi connectivity index (χ3v) is 3.74. The summed E-state index contributed by atoms with van der Waals surface area (Å²) in [6.45, 7) is 2.70. The quantitative estimate of drug-likeness (QED) is 0.921. The fourth-order valence-corrected chi connectivity index (χ4v) is 2.60. The van der Waals surface area contributed by atoms with Crippen molar-refractivity contribution < 1.29 is 9.90 Å². The van der Waals surface area contributed by atoms with E-state index in [2.05, 4.69) is 17.0 Å². The van der Waals surface area contributed by atoms with Gasteiger partial charge in [0.05, 0.1) is 18.3 Å². The number of hydrogen-bond donors (Lipinski definition) is 1. The normalized spacial score (nSPS) is 15.1. The predicted molar refractivity (Wildman–Crippen MR) is 74.8 cm³/mol. The van der Waals surface area contributed by atoms with E-state index in [4.69, 9.17) is 5.11 Å². The molecular weight excluding hydrogens is 254 g/mol. The van der Waals surface area contributed by atoms with Crippen molar-refractivity contribution in [3.8, 4) is 0 Å². The van der Waals surface area contributed by atoms with E-state index in [1.807, 2.05) is 23.0 Å². The maximum absolute atomic E-state index is 10.8. The van der Waals surface area contributed by atoms with Crippen LogP contribution < -0.4 is 0 Å². The summed E-state index contributed by atoms with van der Waals surface area (Å²) in [4.78, 5) is 13.1. The zero-order valence-corrected chi connectivity index (χ0v) is 11.4. The molecule has 1 aliphatic rings. The minimum absolute atomic E-state index is 0.317. The molecule has 5 heteroatoms. The van der Waals surface area contributed by atoms with E-state index in [9.17, 15) is 4.79 Å². The number of carboxylic acids is 1. The van der Waals surface area contributed by atoms with Gasteiger partial charge in [0.2, 0.25) is 0 Å². The average Bonchev–Trinajstić information content (AvgIpc) is 2.81. The molecule has 1 aromatic carbocycles. The molecule has 5 nitrogen and oxygen atoms in total. The monoisotopic (exact) mass is 271 g/mol. The Balaban J connectivity index is 1.80. The summed E-state index contributed by atoms with van der Waals surface area (Å²) in [5.41, 5.74) is 3.98. The molecule has 0 saturated heterocycles. The maximum atomic E-state index is 10.8. The molecule has 0 bridgehead atoms. The van der Waals surface area contributed by atoms with Gasteiger partial charge in [-0.05, 0) is 24.7 Å². The van der Waals surface area contributed by atoms with E-state index < -0.39 is 5.97 Å². The molecule has 0 spiro atoms. The zero-order valence-electron chi connectivity index (χ0n) is 11.4. The van der Waals surface area contributed by atoms with Crippen molar-refractivity contribution >= 4 is 5.97 Å². The van der Waals surface area contributed by atoms with Crippen molar-refractivity contribution in [2.75, 3.05) is 13.6 Å². The van der Waals surface area contributed by atoms with E-state index >= 15 is 0 Å². The van der Waals surface area contributed by atoms with Gasteiger partial charge in [0, 0.05) is 30.8 Å². The van der Waals surface area contributed by atoms with Crippen LogP contribution in [0.2, 0.25) is 0 Å². The van der Waals surface area contributed by atoms with Crippen molar-refractivity contribution in [2.45, 2.75) is 19.5 Å². The van der Waals surface area contributed by atoms with Crippen molar-refractivity contribution in [1.29, 1.82) is 0 Å². The number of carbonyl (C=O) groups is 1. The molecule has 0 saturated carbocycles. The molecule has 0 amide bonds. The Kier molecular flexibility index (Phi) is 3.28. The molecule has 2 aromatic rings. The van der Waals surface area contributed by atoms with Gasteiger partial charge in [-0.15, -0.1) is 0 Å². The molecule has 0 fully saturated rings. The molecular formula is C15H17N3O2. The summed E-state index contributed by atoms with van der Waals surface area (Å²) in [5, 5.41) is 13.4. The van der Waals surface area contributed by atoms with Crippen LogP contribution in [0.3, 0.4) is 0 Å². The second-order valence-corrected chi connectivity index (χ2v) is 5.26. The van der Waals surface area contributed by atoms with Crippen molar-refractivity contribution in [2.24, 2.45) is 0 Å². The first kappa shape index (κ1) is 12.9. The van der Waals surface area contributed by atoms with E-state index in [0.717, 1.165) is 25.1 Å². The molecule has 0 radical (unpaired) electrons. The standard InChI is InChI=1S/C15H17N3O2/c1-17-7-6-14-13(10-17)8-16-18(14)9-11-2-4-12(5-3-11)15(19)20/h2-5,8H,6-7,9-10H2,1H3,(H,19,20). The Bertz CT molecular complexity index is 631. The van der Waals surface area contributed by atoms with E-state index in [0.29, 0.717) is 12.1 Å². The molecule has 20 heavy (non-hydrogen) atoms. The van der Waals surface area contributed by atoms with Crippen molar-refractivity contribution in [3.05, 3.63) is 52.8 Å². The number of benzene rings is 1. The zero-order chi connectivity index (χ0) is 14.1. The van der Waals surface area contributed by atoms with Gasteiger partial charge in [0.15, 0.2) is 0 Å². The summed E-state index contributed by atoms with van der Waals surface area (Å²) in [7, 11) is 2.12. The number of rotatable bonds is 3. The number of aromatic nitrogens is 2. The van der Waals surface area contributed by atoms with Gasteiger partial charge in [0.1, 0.15) is 0 Å². The molecule has 1 N–H and O–H groups in total. The molecule has 1 aromatic heterocycles. The first-order valence-corrected chi connectivity index (χ1v) is 6.68. The molecule has 0 unspecified atom stereocenters. The fourth-order valence-electron chi connectivity index (χ4n) is 2.60. The summed E-state index contributed by atoms with van der Waals surface area (Å²) in [6.07, 6.45) is 2.95. The lowest BCUT2D eigenvalue weighted by Crippen LogP contribution is -2.27. The van der Waals surface area contributed by atoms with Crippen LogP contribution in [0, 0.1) is 0 Å². The van der Waals surface area contributed by atoms with Crippen LogP contribution in [-0.2, 0) is 19.5 Å². The highest BCUT2D eigenvalue weighted by molar-refractivity contribution is 5.87. The van der Waals surface area contributed by atoms with Gasteiger partial charge in [-0.3, -0.25) is 4.68 Å². The number of aromatic carboxylic acids is 1. The first-order valence-electron chi connectivity index (χ1n) is 6.68. The van der Waals surface area contributed by atoms with Crippen molar-refractivity contribution in [3.63, 3.8) is 0 Å². The molecule has 3 rings (SSSR count). The third kappa shape index (κ3) is 2.44. The lowest BCUT2D eigenvalue weighted by molar-refractivity contribution is 0.0697. The summed E-state index contributed by atoms with van der Waals surface area (Å²) < 4.78 is 2.03. The molecule has 0 aliphatic carbocycles. The topological polar surface area (TPSA) is 58.4 Å². The number of likely N-dealkylation sites (N-methyl/N-ethyl adjacent to an activating group) is 1. The Morgan fingerprint density at radius 3 is 2.80 bits per heavy atom. The van der Waals surface area contributed by atoms with Gasteiger partial charge in [-0.25, -0.2) is 4.79 Å². The predicted octanol–water partition coefficient (Wildman–Crippen LogP) is 1.62. The fraction of sp³-hybridized carbons (Fsp3) is 0.333. The maximum Gasteiger partial charge on any atom is 0.335 e. The van der Waals surface area contributed by atoms with Gasteiger partial charge in [-0.2, -0.15) is 5.10 Å². The third-order valence-electron chi connectivity index (χ3n) is 3.74. The van der Waals surface area contributed by atoms with Gasteiger partial charge < -0.3 is 10.0 Å². The largest absolute Gasteiger partial charge is 0.478 e. The van der Waals surface area contributed by atoms with Crippen molar-refractivity contribution in [1.82, 2.24) is 14.7 Å². The second kappa shape index (κ2) is 5.09. The van der Waals surface area contributed by atoms with Crippen LogP contribution >= 0.6 is 0 Å². The Hall–Kier alpha value is -2.14. The summed E-state index contributed by atoms with van der Waals surface area (Å²) in [6, 6.07) is 6.99. The Labute approximate surface area is 117 Å².